The number of cyclic esters (lactones) is 1. The number of hydrogen-bond acceptors (Lipinski definition) is 6. The molecule has 8 heteroatoms. The standard InChI is InChI=1S/C16H28N2O4S.BrH/c1-3-5-6-7-8-9-16(13(19)21-4-2)10-12(22-14(16)20)11-23-15(17)18;/h12H,3-11H2,1-2H3,(H3,17,18);1H. The highest BCUT2D eigenvalue weighted by atomic mass is 79.9. The Morgan fingerprint density at radius 3 is 2.62 bits per heavy atom. The number of amidine groups is 1. The highest BCUT2D eigenvalue weighted by molar-refractivity contribution is 8.93. The van der Waals surface area contributed by atoms with Crippen LogP contribution in [0.25, 0.3) is 0 Å². The quantitative estimate of drug-likeness (QED) is 0.183. The van der Waals surface area contributed by atoms with E-state index >= 15 is 0 Å². The molecule has 0 spiro atoms. The number of unbranched alkanes of at least 4 members (excludes halogenated alkanes) is 4. The molecule has 0 amide bonds. The van der Waals surface area contributed by atoms with Gasteiger partial charge in [0.05, 0.1) is 6.61 Å². The minimum atomic E-state index is -1.18. The Balaban J connectivity index is 0.00000529. The van der Waals surface area contributed by atoms with Gasteiger partial charge in [0.25, 0.3) is 0 Å². The average molecular weight is 425 g/mol. The molecule has 0 aromatic rings. The number of carbonyl (C=O) groups excluding carboxylic acids is 2. The molecule has 1 heterocycles. The molecule has 1 rings (SSSR count). The largest absolute Gasteiger partial charge is 0.465 e. The van der Waals surface area contributed by atoms with Crippen molar-refractivity contribution in [2.45, 2.75) is 64.9 Å². The molecule has 0 bridgehead atoms. The molecular formula is C16H29BrN2O4S. The summed E-state index contributed by atoms with van der Waals surface area (Å²) in [6.07, 6.45) is 5.61. The Morgan fingerprint density at radius 2 is 2.04 bits per heavy atom. The number of rotatable bonds is 10. The summed E-state index contributed by atoms with van der Waals surface area (Å²) in [5.74, 6) is -0.561. The highest BCUT2D eigenvalue weighted by Gasteiger charge is 2.55. The van der Waals surface area contributed by atoms with Crippen LogP contribution < -0.4 is 5.73 Å². The Labute approximate surface area is 158 Å². The zero-order chi connectivity index (χ0) is 17.3. The van der Waals surface area contributed by atoms with E-state index in [1.165, 1.54) is 0 Å². The van der Waals surface area contributed by atoms with E-state index in [9.17, 15) is 9.59 Å². The molecule has 3 N–H and O–H groups in total. The van der Waals surface area contributed by atoms with Gasteiger partial charge in [-0.25, -0.2) is 0 Å². The van der Waals surface area contributed by atoms with Crippen LogP contribution in [0.5, 0.6) is 0 Å². The minimum Gasteiger partial charge on any atom is -0.465 e. The first-order valence-electron chi connectivity index (χ1n) is 8.31. The summed E-state index contributed by atoms with van der Waals surface area (Å²) in [6.45, 7) is 4.12. The van der Waals surface area contributed by atoms with Gasteiger partial charge in [0, 0.05) is 12.2 Å². The van der Waals surface area contributed by atoms with Gasteiger partial charge in [-0.3, -0.25) is 15.0 Å². The topological polar surface area (TPSA) is 102 Å². The van der Waals surface area contributed by atoms with Gasteiger partial charge < -0.3 is 15.2 Å². The van der Waals surface area contributed by atoms with Crippen molar-refractivity contribution in [3.8, 4) is 0 Å². The van der Waals surface area contributed by atoms with Crippen LogP contribution in [0.1, 0.15) is 58.8 Å². The van der Waals surface area contributed by atoms with E-state index < -0.39 is 23.5 Å². The normalized spacial score (nSPS) is 22.6. The number of nitrogens with one attached hydrogen (secondary N) is 1. The molecule has 2 atom stereocenters. The van der Waals surface area contributed by atoms with E-state index in [0.29, 0.717) is 18.6 Å². The summed E-state index contributed by atoms with van der Waals surface area (Å²) in [4.78, 5) is 24.8. The van der Waals surface area contributed by atoms with Gasteiger partial charge in [-0.1, -0.05) is 50.8 Å². The zero-order valence-electron chi connectivity index (χ0n) is 14.5. The number of thioether (sulfide) groups is 1. The third kappa shape index (κ3) is 6.63. The van der Waals surface area contributed by atoms with E-state index in [-0.39, 0.29) is 28.8 Å². The summed E-state index contributed by atoms with van der Waals surface area (Å²) < 4.78 is 10.5. The first-order valence-corrected chi connectivity index (χ1v) is 9.30. The second-order valence-corrected chi connectivity index (χ2v) is 6.94. The fraction of sp³-hybridized carbons (Fsp3) is 0.812. The Morgan fingerprint density at radius 1 is 1.38 bits per heavy atom. The molecular weight excluding hydrogens is 396 g/mol. The fourth-order valence-corrected chi connectivity index (χ4v) is 3.38. The van der Waals surface area contributed by atoms with Gasteiger partial charge >= 0.3 is 11.9 Å². The maximum Gasteiger partial charge on any atom is 0.323 e. The van der Waals surface area contributed by atoms with Gasteiger partial charge in [0.2, 0.25) is 0 Å². The summed E-state index contributed by atoms with van der Waals surface area (Å²) in [5.41, 5.74) is 4.14. The van der Waals surface area contributed by atoms with Gasteiger partial charge in [0.15, 0.2) is 10.6 Å². The van der Waals surface area contributed by atoms with Gasteiger partial charge in [-0.2, -0.15) is 0 Å². The fourth-order valence-electron chi connectivity index (χ4n) is 2.83. The van der Waals surface area contributed by atoms with Crippen molar-refractivity contribution in [3.63, 3.8) is 0 Å². The molecule has 0 aliphatic carbocycles. The molecule has 0 radical (unpaired) electrons. The highest BCUT2D eigenvalue weighted by Crippen LogP contribution is 2.41. The summed E-state index contributed by atoms with van der Waals surface area (Å²) in [7, 11) is 0. The van der Waals surface area contributed by atoms with Crippen molar-refractivity contribution >= 4 is 45.8 Å². The molecule has 0 aromatic carbocycles. The SMILES string of the molecule is Br.CCCCCCCC1(C(=O)OCC)CC(CSC(=N)N)OC1=O. The van der Waals surface area contributed by atoms with Crippen LogP contribution in [0, 0.1) is 10.8 Å². The molecule has 1 fully saturated rings. The monoisotopic (exact) mass is 424 g/mol. The van der Waals surface area contributed by atoms with E-state index in [0.717, 1.165) is 43.9 Å². The third-order valence-electron chi connectivity index (χ3n) is 4.04. The molecule has 0 aromatic heterocycles. The van der Waals surface area contributed by atoms with Crippen LogP contribution in [0.4, 0.5) is 0 Å². The molecule has 24 heavy (non-hydrogen) atoms. The number of hydrogen-bond donors (Lipinski definition) is 2. The Kier molecular flexibility index (Phi) is 11.4. The summed E-state index contributed by atoms with van der Waals surface area (Å²) in [5, 5.41) is 7.22. The predicted octanol–water partition coefficient (Wildman–Crippen LogP) is 3.42. The maximum absolute atomic E-state index is 12.4. The smallest absolute Gasteiger partial charge is 0.323 e. The minimum absolute atomic E-state index is 0. The van der Waals surface area contributed by atoms with Crippen LogP contribution in [0.3, 0.4) is 0 Å². The number of nitrogens with two attached hydrogens (primary N) is 1. The lowest BCUT2D eigenvalue weighted by atomic mass is 9.79. The first kappa shape index (κ1) is 23.2. The average Bonchev–Trinajstić information content (AvgIpc) is 2.82. The maximum atomic E-state index is 12.4. The summed E-state index contributed by atoms with van der Waals surface area (Å²) >= 11 is 1.12. The first-order chi connectivity index (χ1) is 11.0. The molecule has 1 aliphatic rings. The van der Waals surface area contributed by atoms with Crippen molar-refractivity contribution in [3.05, 3.63) is 0 Å². The van der Waals surface area contributed by atoms with E-state index in [4.69, 9.17) is 20.6 Å². The molecule has 2 unspecified atom stereocenters. The Bertz CT molecular complexity index is 436. The van der Waals surface area contributed by atoms with Crippen LogP contribution in [0.15, 0.2) is 0 Å². The van der Waals surface area contributed by atoms with Crippen molar-refractivity contribution in [1.82, 2.24) is 0 Å². The van der Waals surface area contributed by atoms with Crippen molar-refractivity contribution in [2.24, 2.45) is 11.1 Å². The second kappa shape index (κ2) is 11.7. The number of halogens is 1. The lowest BCUT2D eigenvalue weighted by Gasteiger charge is -2.22. The van der Waals surface area contributed by atoms with Gasteiger partial charge in [0.1, 0.15) is 6.10 Å². The van der Waals surface area contributed by atoms with Crippen molar-refractivity contribution < 1.29 is 19.1 Å². The van der Waals surface area contributed by atoms with Crippen LogP contribution >= 0.6 is 28.7 Å². The number of ether oxygens (including phenoxy) is 2. The molecule has 140 valence electrons. The molecule has 1 aliphatic heterocycles. The van der Waals surface area contributed by atoms with Crippen molar-refractivity contribution in [1.29, 1.82) is 5.41 Å². The Hall–Kier alpha value is -0.760. The van der Waals surface area contributed by atoms with Gasteiger partial charge in [-0.05, 0) is 13.3 Å². The summed E-state index contributed by atoms with van der Waals surface area (Å²) in [6, 6.07) is 0. The number of esters is 2. The van der Waals surface area contributed by atoms with Crippen molar-refractivity contribution in [2.75, 3.05) is 12.4 Å². The van der Waals surface area contributed by atoms with Crippen LogP contribution in [-0.4, -0.2) is 35.6 Å². The zero-order valence-corrected chi connectivity index (χ0v) is 17.0. The predicted molar refractivity (Wildman–Crippen MR) is 102 cm³/mol. The number of carbonyl (C=O) groups is 2. The lowest BCUT2D eigenvalue weighted by molar-refractivity contribution is -0.165. The third-order valence-corrected chi connectivity index (χ3v) is 4.89. The molecule has 6 nitrogen and oxygen atoms in total. The van der Waals surface area contributed by atoms with Crippen LogP contribution in [0.2, 0.25) is 0 Å². The second-order valence-electron chi connectivity index (χ2n) is 5.87. The van der Waals surface area contributed by atoms with E-state index in [1.807, 2.05) is 0 Å². The van der Waals surface area contributed by atoms with E-state index in [1.54, 1.807) is 6.92 Å². The van der Waals surface area contributed by atoms with Gasteiger partial charge in [-0.15, -0.1) is 17.0 Å². The van der Waals surface area contributed by atoms with E-state index in [2.05, 4.69) is 6.92 Å². The molecule has 0 saturated carbocycles. The lowest BCUT2D eigenvalue weighted by Crippen LogP contribution is -2.37. The molecule has 1 saturated heterocycles. The van der Waals surface area contributed by atoms with Crippen LogP contribution in [-0.2, 0) is 19.1 Å².